The maximum Gasteiger partial charge on any atom is 0.407 e. The van der Waals surface area contributed by atoms with E-state index in [4.69, 9.17) is 20.9 Å². The van der Waals surface area contributed by atoms with E-state index in [1.807, 2.05) is 13.8 Å². The molecular weight excluding hydrogens is 346 g/mol. The summed E-state index contributed by atoms with van der Waals surface area (Å²) in [5.74, 6) is 1.30. The smallest absolute Gasteiger partial charge is 0.407 e. The molecule has 0 aliphatic heterocycles. The van der Waals surface area contributed by atoms with Gasteiger partial charge in [0.15, 0.2) is 0 Å². The third-order valence-electron chi connectivity index (χ3n) is 5.45. The molecule has 0 spiro atoms. The summed E-state index contributed by atoms with van der Waals surface area (Å²) in [6.45, 7) is 8.01. The maximum atomic E-state index is 12.2. The molecule has 2 amide bonds. The lowest BCUT2D eigenvalue weighted by atomic mass is 10.0. The van der Waals surface area contributed by atoms with Crippen molar-refractivity contribution >= 4 is 12.0 Å². The minimum Gasteiger partial charge on any atom is -0.449 e. The van der Waals surface area contributed by atoms with Crippen LogP contribution in [0.15, 0.2) is 11.8 Å². The first-order valence-electron chi connectivity index (χ1n) is 9.81. The van der Waals surface area contributed by atoms with Crippen molar-refractivity contribution in [3.05, 3.63) is 11.8 Å². The van der Waals surface area contributed by atoms with Crippen molar-refractivity contribution in [1.82, 2.24) is 5.32 Å². The molecule has 0 bridgehead atoms. The van der Waals surface area contributed by atoms with Crippen molar-refractivity contribution in [3.63, 3.8) is 0 Å². The van der Waals surface area contributed by atoms with E-state index >= 15 is 0 Å². The number of rotatable bonds is 8. The Labute approximate surface area is 162 Å². The molecule has 0 radical (unpaired) electrons. The van der Waals surface area contributed by atoms with Crippen molar-refractivity contribution < 1.29 is 19.1 Å². The number of fused-ring (bicyclic) bond motifs is 1. The van der Waals surface area contributed by atoms with Gasteiger partial charge >= 0.3 is 6.09 Å². The molecule has 0 aromatic carbocycles. The van der Waals surface area contributed by atoms with Crippen LogP contribution >= 0.6 is 0 Å². The van der Waals surface area contributed by atoms with E-state index in [0.29, 0.717) is 24.4 Å². The second-order valence-corrected chi connectivity index (χ2v) is 9.19. The number of alkyl carbamates (subject to hydrolysis) is 1. The van der Waals surface area contributed by atoms with E-state index in [2.05, 4.69) is 11.4 Å². The molecule has 2 aliphatic rings. The Morgan fingerprint density at radius 3 is 2.56 bits per heavy atom. The summed E-state index contributed by atoms with van der Waals surface area (Å²) >= 11 is 0. The number of ether oxygens (including phenoxy) is 2. The van der Waals surface area contributed by atoms with Gasteiger partial charge in [0, 0.05) is 5.70 Å². The van der Waals surface area contributed by atoms with E-state index in [9.17, 15) is 9.59 Å². The van der Waals surface area contributed by atoms with Gasteiger partial charge in [-0.05, 0) is 71.1 Å². The topological polar surface area (TPSA) is 117 Å². The quantitative estimate of drug-likeness (QED) is 0.597. The van der Waals surface area contributed by atoms with E-state index in [-0.39, 0.29) is 13.0 Å². The Morgan fingerprint density at radius 2 is 1.89 bits per heavy atom. The average molecular weight is 382 g/mol. The second kappa shape index (κ2) is 8.50. The molecule has 5 N–H and O–H groups in total. The molecule has 1 fully saturated rings. The Kier molecular flexibility index (Phi) is 6.78. The van der Waals surface area contributed by atoms with Gasteiger partial charge in [0.2, 0.25) is 5.91 Å². The summed E-state index contributed by atoms with van der Waals surface area (Å²) in [7, 11) is 0. The number of hydrogen-bond acceptors (Lipinski definition) is 5. The Balaban J connectivity index is 1.71. The molecule has 7 nitrogen and oxygen atoms in total. The first-order chi connectivity index (χ1) is 12.5. The third-order valence-corrected chi connectivity index (χ3v) is 5.45. The van der Waals surface area contributed by atoms with Crippen LogP contribution in [0.25, 0.3) is 0 Å². The van der Waals surface area contributed by atoms with Gasteiger partial charge < -0.3 is 26.3 Å². The summed E-state index contributed by atoms with van der Waals surface area (Å²) in [5.41, 5.74) is 10.9. The third kappa shape index (κ3) is 7.05. The van der Waals surface area contributed by atoms with Gasteiger partial charge in [-0.25, -0.2) is 4.79 Å². The number of primary amides is 1. The number of allylic oxidation sites excluding steroid dienone is 2. The summed E-state index contributed by atoms with van der Waals surface area (Å²) in [6.07, 6.45) is 5.97. The maximum absolute atomic E-state index is 12.2. The molecule has 3 atom stereocenters. The zero-order chi connectivity index (χ0) is 20.2. The summed E-state index contributed by atoms with van der Waals surface area (Å²) in [6, 6.07) is 0. The number of hydrogen-bond donors (Lipinski definition) is 3. The molecule has 0 aromatic heterocycles. The van der Waals surface area contributed by atoms with E-state index in [0.717, 1.165) is 31.4 Å². The Bertz CT molecular complexity index is 586. The molecule has 2 aliphatic carbocycles. The van der Waals surface area contributed by atoms with Gasteiger partial charge in [-0.3, -0.25) is 4.79 Å². The fourth-order valence-electron chi connectivity index (χ4n) is 3.89. The second-order valence-electron chi connectivity index (χ2n) is 9.19. The predicted molar refractivity (Wildman–Crippen MR) is 104 cm³/mol. The highest BCUT2D eigenvalue weighted by molar-refractivity contribution is 5.74. The SMILES string of the molecule is CC(C)(COC(C)(C)CC(N)=O)NC(=O)OCC1C2CCC=C(N)CCC21. The monoisotopic (exact) mass is 381 g/mol. The Morgan fingerprint density at radius 1 is 1.22 bits per heavy atom. The normalized spacial score (nSPS) is 25.5. The molecular formula is C20H35N3O4. The van der Waals surface area contributed by atoms with Crippen molar-refractivity contribution in [3.8, 4) is 0 Å². The van der Waals surface area contributed by atoms with Crippen LogP contribution in [0.1, 0.15) is 59.8 Å². The predicted octanol–water partition coefficient (Wildman–Crippen LogP) is 2.44. The molecule has 3 unspecified atom stereocenters. The Hall–Kier alpha value is -1.76. The van der Waals surface area contributed by atoms with Crippen LogP contribution in [-0.4, -0.2) is 36.4 Å². The molecule has 1 saturated carbocycles. The van der Waals surface area contributed by atoms with Gasteiger partial charge in [-0.2, -0.15) is 0 Å². The fourth-order valence-corrected chi connectivity index (χ4v) is 3.89. The van der Waals surface area contributed by atoms with E-state index < -0.39 is 23.1 Å². The van der Waals surface area contributed by atoms with Crippen LogP contribution in [0.4, 0.5) is 4.79 Å². The van der Waals surface area contributed by atoms with Crippen LogP contribution in [0.3, 0.4) is 0 Å². The molecule has 0 saturated heterocycles. The number of amides is 2. The van der Waals surface area contributed by atoms with Crippen LogP contribution < -0.4 is 16.8 Å². The minimum absolute atomic E-state index is 0.122. The van der Waals surface area contributed by atoms with Crippen LogP contribution in [-0.2, 0) is 14.3 Å². The van der Waals surface area contributed by atoms with Crippen molar-refractivity contribution in [2.75, 3.05) is 13.2 Å². The highest BCUT2D eigenvalue weighted by Gasteiger charge is 2.49. The molecule has 154 valence electrons. The summed E-state index contributed by atoms with van der Waals surface area (Å²) < 4.78 is 11.2. The standard InChI is InChI=1S/C20H35N3O4/c1-19(2,12-27-20(3,4)10-17(22)24)23-18(25)26-11-16-14-7-5-6-13(21)8-9-15(14)16/h6,14-16H,5,7-12,21H2,1-4H3,(H2,22,24)(H,23,25). The van der Waals surface area contributed by atoms with Crippen LogP contribution in [0, 0.1) is 17.8 Å². The highest BCUT2D eigenvalue weighted by atomic mass is 16.6. The lowest BCUT2D eigenvalue weighted by Crippen LogP contribution is -2.49. The molecule has 27 heavy (non-hydrogen) atoms. The average Bonchev–Trinajstić information content (AvgIpc) is 3.16. The van der Waals surface area contributed by atoms with Crippen molar-refractivity contribution in [2.45, 2.75) is 70.9 Å². The molecule has 0 heterocycles. The zero-order valence-corrected chi connectivity index (χ0v) is 17.0. The fraction of sp³-hybridized carbons (Fsp3) is 0.800. The molecule has 7 heteroatoms. The minimum atomic E-state index is -0.675. The van der Waals surface area contributed by atoms with E-state index in [1.165, 1.54) is 0 Å². The van der Waals surface area contributed by atoms with Crippen molar-refractivity contribution in [2.24, 2.45) is 29.2 Å². The molecule has 2 rings (SSSR count). The number of nitrogens with two attached hydrogens (primary N) is 2. The highest BCUT2D eigenvalue weighted by Crippen LogP contribution is 2.53. The lowest BCUT2D eigenvalue weighted by molar-refractivity contribution is -0.125. The van der Waals surface area contributed by atoms with Gasteiger partial charge in [0.25, 0.3) is 0 Å². The van der Waals surface area contributed by atoms with Crippen LogP contribution in [0.5, 0.6) is 0 Å². The zero-order valence-electron chi connectivity index (χ0n) is 17.0. The first-order valence-corrected chi connectivity index (χ1v) is 9.81. The van der Waals surface area contributed by atoms with Gasteiger partial charge in [0.1, 0.15) is 0 Å². The van der Waals surface area contributed by atoms with Crippen molar-refractivity contribution in [1.29, 1.82) is 0 Å². The molecule has 0 aromatic rings. The van der Waals surface area contributed by atoms with E-state index in [1.54, 1.807) is 13.8 Å². The first kappa shape index (κ1) is 21.5. The number of carbonyl (C=O) groups is 2. The van der Waals surface area contributed by atoms with Crippen LogP contribution in [0.2, 0.25) is 0 Å². The van der Waals surface area contributed by atoms with Gasteiger partial charge in [0.05, 0.1) is 30.8 Å². The van der Waals surface area contributed by atoms with Gasteiger partial charge in [-0.15, -0.1) is 0 Å². The summed E-state index contributed by atoms with van der Waals surface area (Å²) in [4.78, 5) is 23.3. The summed E-state index contributed by atoms with van der Waals surface area (Å²) in [5, 5.41) is 2.85. The lowest BCUT2D eigenvalue weighted by Gasteiger charge is -2.31. The number of nitrogens with one attached hydrogen (secondary N) is 1. The van der Waals surface area contributed by atoms with Gasteiger partial charge in [-0.1, -0.05) is 6.08 Å². The largest absolute Gasteiger partial charge is 0.449 e. The number of carbonyl (C=O) groups excluding carboxylic acids is 2.